The second-order valence-corrected chi connectivity index (χ2v) is 11.0. The number of fused-ring (bicyclic) bond motifs is 3. The Labute approximate surface area is 215 Å². The number of anilines is 2. The van der Waals surface area contributed by atoms with Gasteiger partial charge in [0, 0.05) is 23.9 Å². The van der Waals surface area contributed by atoms with E-state index in [-0.39, 0.29) is 11.9 Å². The Bertz CT molecular complexity index is 1180. The van der Waals surface area contributed by atoms with Gasteiger partial charge in [0.15, 0.2) is 0 Å². The van der Waals surface area contributed by atoms with Crippen molar-refractivity contribution in [3.63, 3.8) is 0 Å². The monoisotopic (exact) mass is 490 g/mol. The molecule has 0 saturated heterocycles. The number of hydrogen-bond acceptors (Lipinski definition) is 5. The first kappa shape index (κ1) is 26.1. The maximum absolute atomic E-state index is 11.8. The van der Waals surface area contributed by atoms with Gasteiger partial charge in [0.1, 0.15) is 17.8 Å². The lowest BCUT2D eigenvalue weighted by molar-refractivity contribution is -0.121. The van der Waals surface area contributed by atoms with Crippen LogP contribution in [0.2, 0.25) is 0 Å². The van der Waals surface area contributed by atoms with Gasteiger partial charge in [0.2, 0.25) is 5.91 Å². The number of H-pyrrole nitrogens is 1. The van der Waals surface area contributed by atoms with Crippen LogP contribution in [-0.4, -0.2) is 31.9 Å². The van der Waals surface area contributed by atoms with Crippen molar-refractivity contribution in [2.45, 2.75) is 104 Å². The van der Waals surface area contributed by atoms with E-state index in [9.17, 15) is 4.79 Å². The molecule has 0 fully saturated rings. The number of aryl methyl sites for hydroxylation is 2. The van der Waals surface area contributed by atoms with Crippen LogP contribution in [0.4, 0.5) is 11.5 Å². The molecule has 36 heavy (non-hydrogen) atoms. The molecule has 1 aliphatic rings. The third kappa shape index (κ3) is 6.42. The maximum atomic E-state index is 11.8. The number of aromatic amines is 1. The van der Waals surface area contributed by atoms with Crippen molar-refractivity contribution in [1.82, 2.24) is 25.3 Å². The number of hydrogen-bond donors (Lipinski definition) is 3. The van der Waals surface area contributed by atoms with Crippen LogP contribution in [0.25, 0.3) is 11.0 Å². The second kappa shape index (κ2) is 11.8. The molecule has 1 aliphatic carbocycles. The molecule has 1 amide bonds. The van der Waals surface area contributed by atoms with Crippen LogP contribution in [0.15, 0.2) is 18.6 Å². The lowest BCUT2D eigenvalue weighted by Crippen LogP contribution is -2.29. The SMILES string of the molecule is Cc1cc(Nc2ncnc3[nH]c4c(c23)CC(CCCCCCC(=O)NC(C)C)CC4)cnc1C(C)C. The Balaban J connectivity index is 1.37. The largest absolute Gasteiger partial charge is 0.354 e. The van der Waals surface area contributed by atoms with Gasteiger partial charge in [-0.2, -0.15) is 0 Å². The zero-order valence-electron chi connectivity index (χ0n) is 22.6. The van der Waals surface area contributed by atoms with Crippen molar-refractivity contribution in [2.24, 2.45) is 5.92 Å². The summed E-state index contributed by atoms with van der Waals surface area (Å²) in [5.74, 6) is 2.12. The third-order valence-electron chi connectivity index (χ3n) is 7.22. The van der Waals surface area contributed by atoms with Crippen LogP contribution in [-0.2, 0) is 17.6 Å². The Kier molecular flexibility index (Phi) is 8.60. The minimum Gasteiger partial charge on any atom is -0.354 e. The molecule has 0 radical (unpaired) electrons. The normalized spacial score (nSPS) is 15.5. The molecule has 0 bridgehead atoms. The van der Waals surface area contributed by atoms with E-state index in [0.29, 0.717) is 18.3 Å². The first-order chi connectivity index (χ1) is 17.3. The van der Waals surface area contributed by atoms with Crippen molar-refractivity contribution in [3.05, 3.63) is 41.1 Å². The van der Waals surface area contributed by atoms with Gasteiger partial charge < -0.3 is 15.6 Å². The lowest BCUT2D eigenvalue weighted by atomic mass is 9.83. The minimum atomic E-state index is 0.178. The maximum Gasteiger partial charge on any atom is 0.220 e. The first-order valence-corrected chi connectivity index (χ1v) is 13.7. The average Bonchev–Trinajstić information content (AvgIpc) is 3.19. The Morgan fingerprint density at radius 1 is 1.11 bits per heavy atom. The molecule has 7 heteroatoms. The summed E-state index contributed by atoms with van der Waals surface area (Å²) in [5, 5.41) is 7.63. The van der Waals surface area contributed by atoms with Gasteiger partial charge in [0.05, 0.1) is 17.3 Å². The topological polar surface area (TPSA) is 95.6 Å². The molecule has 0 saturated carbocycles. The van der Waals surface area contributed by atoms with E-state index in [1.165, 1.54) is 42.5 Å². The van der Waals surface area contributed by atoms with Crippen molar-refractivity contribution >= 4 is 28.4 Å². The van der Waals surface area contributed by atoms with E-state index in [0.717, 1.165) is 53.9 Å². The summed E-state index contributed by atoms with van der Waals surface area (Å²) in [6, 6.07) is 2.38. The molecule has 3 heterocycles. The molecule has 0 spiro atoms. The number of nitrogens with one attached hydrogen (secondary N) is 3. The van der Waals surface area contributed by atoms with Crippen LogP contribution < -0.4 is 10.6 Å². The van der Waals surface area contributed by atoms with E-state index in [1.807, 2.05) is 20.0 Å². The third-order valence-corrected chi connectivity index (χ3v) is 7.22. The fourth-order valence-corrected chi connectivity index (χ4v) is 5.52. The molecule has 3 aromatic heterocycles. The van der Waals surface area contributed by atoms with Gasteiger partial charge in [0.25, 0.3) is 0 Å². The summed E-state index contributed by atoms with van der Waals surface area (Å²) >= 11 is 0. The van der Waals surface area contributed by atoms with Crippen LogP contribution in [0.1, 0.15) is 101 Å². The smallest absolute Gasteiger partial charge is 0.220 e. The summed E-state index contributed by atoms with van der Waals surface area (Å²) in [5.41, 5.74) is 6.89. The quantitative estimate of drug-likeness (QED) is 0.267. The number of pyridine rings is 1. The van der Waals surface area contributed by atoms with Gasteiger partial charge in [-0.25, -0.2) is 9.97 Å². The van der Waals surface area contributed by atoms with Gasteiger partial charge in [-0.3, -0.25) is 9.78 Å². The van der Waals surface area contributed by atoms with Crippen molar-refractivity contribution < 1.29 is 4.79 Å². The van der Waals surface area contributed by atoms with E-state index in [1.54, 1.807) is 6.33 Å². The van der Waals surface area contributed by atoms with Gasteiger partial charge in [-0.1, -0.05) is 39.5 Å². The number of rotatable bonds is 11. The lowest BCUT2D eigenvalue weighted by Gasteiger charge is -2.22. The van der Waals surface area contributed by atoms with Crippen LogP contribution >= 0.6 is 0 Å². The van der Waals surface area contributed by atoms with Crippen molar-refractivity contribution in [2.75, 3.05) is 5.32 Å². The molecule has 1 atom stereocenters. The first-order valence-electron chi connectivity index (χ1n) is 13.7. The van der Waals surface area contributed by atoms with Crippen LogP contribution in [0.5, 0.6) is 0 Å². The Hall–Kier alpha value is -2.96. The number of carbonyl (C=O) groups excluding carboxylic acids is 1. The van der Waals surface area contributed by atoms with E-state index >= 15 is 0 Å². The summed E-state index contributed by atoms with van der Waals surface area (Å²) in [4.78, 5) is 29.2. The highest BCUT2D eigenvalue weighted by molar-refractivity contribution is 5.93. The molecule has 0 aromatic carbocycles. The van der Waals surface area contributed by atoms with Gasteiger partial charge in [-0.15, -0.1) is 0 Å². The Morgan fingerprint density at radius 3 is 2.67 bits per heavy atom. The van der Waals surface area contributed by atoms with E-state index in [2.05, 4.69) is 57.4 Å². The highest BCUT2D eigenvalue weighted by Crippen LogP contribution is 2.36. The predicted octanol–water partition coefficient (Wildman–Crippen LogP) is 6.50. The number of nitrogens with zero attached hydrogens (tertiary/aromatic N) is 3. The summed E-state index contributed by atoms with van der Waals surface area (Å²) < 4.78 is 0. The number of amides is 1. The highest BCUT2D eigenvalue weighted by atomic mass is 16.1. The van der Waals surface area contributed by atoms with Crippen LogP contribution in [0.3, 0.4) is 0 Å². The molecule has 3 N–H and O–H groups in total. The average molecular weight is 491 g/mol. The fraction of sp³-hybridized carbons (Fsp3) is 0.586. The molecule has 7 nitrogen and oxygen atoms in total. The number of aromatic nitrogens is 4. The van der Waals surface area contributed by atoms with Gasteiger partial charge >= 0.3 is 0 Å². The highest BCUT2D eigenvalue weighted by Gasteiger charge is 2.25. The standard InChI is InChI=1S/C29H42N6O/c1-18(2)27-20(5)14-22(16-30-27)34-28-26-23-15-21(12-13-24(23)35-29(26)32-17-31-28)10-8-6-7-9-11-25(36)33-19(3)4/h14,16-19,21H,6-13,15H2,1-5H3,(H,33,36)(H2,31,32,34,35). The van der Waals surface area contributed by atoms with E-state index in [4.69, 9.17) is 0 Å². The zero-order valence-corrected chi connectivity index (χ0v) is 22.6. The molecular formula is C29H42N6O. The summed E-state index contributed by atoms with van der Waals surface area (Å²) in [6.45, 7) is 10.5. The molecule has 0 aliphatic heterocycles. The van der Waals surface area contributed by atoms with Crippen molar-refractivity contribution in [3.8, 4) is 0 Å². The molecule has 194 valence electrons. The predicted molar refractivity (Wildman–Crippen MR) is 147 cm³/mol. The molecule has 3 aromatic rings. The number of unbranched alkanes of at least 4 members (excludes halogenated alkanes) is 3. The molecule has 4 rings (SSSR count). The number of carbonyl (C=O) groups is 1. The zero-order chi connectivity index (χ0) is 25.7. The summed E-state index contributed by atoms with van der Waals surface area (Å²) in [6.07, 6.45) is 13.3. The second-order valence-electron chi connectivity index (χ2n) is 11.0. The fourth-order valence-electron chi connectivity index (χ4n) is 5.52. The van der Waals surface area contributed by atoms with Crippen LogP contribution in [0, 0.1) is 12.8 Å². The minimum absolute atomic E-state index is 0.178. The van der Waals surface area contributed by atoms with Gasteiger partial charge in [-0.05, 0) is 75.5 Å². The Morgan fingerprint density at radius 2 is 1.92 bits per heavy atom. The van der Waals surface area contributed by atoms with Crippen molar-refractivity contribution in [1.29, 1.82) is 0 Å². The van der Waals surface area contributed by atoms with E-state index < -0.39 is 0 Å². The summed E-state index contributed by atoms with van der Waals surface area (Å²) in [7, 11) is 0. The molecular weight excluding hydrogens is 448 g/mol. The molecule has 1 unspecified atom stereocenters.